The highest BCUT2D eigenvalue weighted by molar-refractivity contribution is 6.27. The molecule has 0 unspecified atom stereocenters. The van der Waals surface area contributed by atoms with E-state index in [0.717, 1.165) is 6.42 Å². The first-order chi connectivity index (χ1) is 11.0. The fourth-order valence-electron chi connectivity index (χ4n) is 2.20. The molecule has 0 saturated carbocycles. The monoisotopic (exact) mass is 349 g/mol. The molecule has 0 amide bonds. The number of esters is 1. The van der Waals surface area contributed by atoms with E-state index in [1.54, 1.807) is 0 Å². The molecule has 0 aromatic rings. The molecule has 24 heavy (non-hydrogen) atoms. The van der Waals surface area contributed by atoms with Gasteiger partial charge < -0.3 is 30.2 Å². The van der Waals surface area contributed by atoms with Crippen LogP contribution in [0.15, 0.2) is 0 Å². The molecule has 140 valence electrons. The molecule has 0 aliphatic carbocycles. The van der Waals surface area contributed by atoms with E-state index in [-0.39, 0.29) is 30.7 Å². The number of hydrogen-bond donors (Lipinski definition) is 3. The van der Waals surface area contributed by atoms with Gasteiger partial charge in [0.2, 0.25) is 0 Å². The number of carboxylic acid groups (broad SMARTS) is 2. The normalized spacial score (nSPS) is 22.2. The van der Waals surface area contributed by atoms with E-state index in [4.69, 9.17) is 39.7 Å². The second-order valence-electron chi connectivity index (χ2n) is 6.05. The van der Waals surface area contributed by atoms with Gasteiger partial charge in [0.25, 0.3) is 0 Å². The summed E-state index contributed by atoms with van der Waals surface area (Å²) in [5, 5.41) is 14.8. The number of hydrogen-bond acceptors (Lipinski definition) is 7. The first-order valence-electron chi connectivity index (χ1n) is 7.68. The van der Waals surface area contributed by atoms with Crippen molar-refractivity contribution in [3.63, 3.8) is 0 Å². The lowest BCUT2D eigenvalue weighted by Crippen LogP contribution is -2.46. The van der Waals surface area contributed by atoms with Crippen LogP contribution in [-0.2, 0) is 28.6 Å². The Kier molecular flexibility index (Phi) is 9.49. The minimum Gasteiger partial charge on any atom is -0.473 e. The molecule has 0 bridgehead atoms. The molecule has 2 atom stereocenters. The maximum atomic E-state index is 11.6. The van der Waals surface area contributed by atoms with Gasteiger partial charge in [-0.1, -0.05) is 0 Å². The second-order valence-corrected chi connectivity index (χ2v) is 6.05. The topological polar surface area (TPSA) is 145 Å². The summed E-state index contributed by atoms with van der Waals surface area (Å²) in [6.07, 6.45) is 1.54. The Morgan fingerprint density at radius 1 is 1.17 bits per heavy atom. The summed E-state index contributed by atoms with van der Waals surface area (Å²) < 4.78 is 16.6. The van der Waals surface area contributed by atoms with Crippen LogP contribution in [0.5, 0.6) is 0 Å². The molecule has 4 N–H and O–H groups in total. The molecule has 9 nitrogen and oxygen atoms in total. The largest absolute Gasteiger partial charge is 0.473 e. The van der Waals surface area contributed by atoms with E-state index < -0.39 is 17.7 Å². The van der Waals surface area contributed by atoms with E-state index >= 15 is 0 Å². The van der Waals surface area contributed by atoms with Crippen molar-refractivity contribution in [2.24, 2.45) is 5.73 Å². The average molecular weight is 349 g/mol. The Morgan fingerprint density at radius 3 is 2.08 bits per heavy atom. The molecule has 1 heterocycles. The van der Waals surface area contributed by atoms with Gasteiger partial charge in [-0.3, -0.25) is 4.79 Å². The first kappa shape index (κ1) is 22.3. The SMILES string of the molecule is CC(C)OC(=O)C[C@H]1C[C@@H](CCN)OC(C)(C)O1.O=C(O)C(=O)O. The maximum absolute atomic E-state index is 11.6. The van der Waals surface area contributed by atoms with E-state index in [1.165, 1.54) is 0 Å². The van der Waals surface area contributed by atoms with Gasteiger partial charge in [0, 0.05) is 6.42 Å². The fraction of sp³-hybridized carbons (Fsp3) is 0.800. The second kappa shape index (κ2) is 10.2. The van der Waals surface area contributed by atoms with Crippen LogP contribution >= 0.6 is 0 Å². The van der Waals surface area contributed by atoms with E-state index in [0.29, 0.717) is 13.0 Å². The van der Waals surface area contributed by atoms with E-state index in [9.17, 15) is 4.79 Å². The van der Waals surface area contributed by atoms with Crippen LogP contribution in [-0.4, -0.2) is 58.8 Å². The van der Waals surface area contributed by atoms with Crippen molar-refractivity contribution in [3.05, 3.63) is 0 Å². The van der Waals surface area contributed by atoms with Crippen LogP contribution in [0.4, 0.5) is 0 Å². The smallest absolute Gasteiger partial charge is 0.414 e. The highest BCUT2D eigenvalue weighted by Gasteiger charge is 2.36. The van der Waals surface area contributed by atoms with Crippen LogP contribution in [0, 0.1) is 0 Å². The zero-order valence-electron chi connectivity index (χ0n) is 14.5. The third-order valence-electron chi connectivity index (χ3n) is 2.86. The van der Waals surface area contributed by atoms with Crippen LogP contribution in [0.2, 0.25) is 0 Å². The molecular weight excluding hydrogens is 322 g/mol. The van der Waals surface area contributed by atoms with Gasteiger partial charge in [-0.2, -0.15) is 0 Å². The fourth-order valence-corrected chi connectivity index (χ4v) is 2.20. The summed E-state index contributed by atoms with van der Waals surface area (Å²) in [6, 6.07) is 0. The quantitative estimate of drug-likeness (QED) is 0.483. The maximum Gasteiger partial charge on any atom is 0.414 e. The molecule has 1 rings (SSSR count). The van der Waals surface area contributed by atoms with Gasteiger partial charge in [0.05, 0.1) is 24.7 Å². The molecule has 9 heteroatoms. The van der Waals surface area contributed by atoms with Gasteiger partial charge in [0.1, 0.15) is 0 Å². The van der Waals surface area contributed by atoms with Crippen molar-refractivity contribution in [2.75, 3.05) is 6.54 Å². The van der Waals surface area contributed by atoms with Gasteiger partial charge in [-0.15, -0.1) is 0 Å². The summed E-state index contributed by atoms with van der Waals surface area (Å²) in [5.74, 6) is -4.54. The molecule has 1 saturated heterocycles. The summed E-state index contributed by atoms with van der Waals surface area (Å²) in [6.45, 7) is 7.96. The molecule has 1 aliphatic heterocycles. The molecule has 0 aromatic heterocycles. The molecule has 0 radical (unpaired) electrons. The zero-order valence-corrected chi connectivity index (χ0v) is 14.5. The van der Waals surface area contributed by atoms with Crippen molar-refractivity contribution >= 4 is 17.9 Å². The molecular formula is C15H27NO8. The number of nitrogens with two attached hydrogens (primary N) is 1. The van der Waals surface area contributed by atoms with Crippen molar-refractivity contribution in [3.8, 4) is 0 Å². The number of rotatable bonds is 5. The third-order valence-corrected chi connectivity index (χ3v) is 2.86. The Bertz CT molecular complexity index is 423. The third kappa shape index (κ3) is 10.1. The lowest BCUT2D eigenvalue weighted by atomic mass is 10.0. The Balaban J connectivity index is 0.000000754. The number of aliphatic carboxylic acids is 2. The molecule has 1 fully saturated rings. The van der Waals surface area contributed by atoms with Crippen molar-refractivity contribution in [1.82, 2.24) is 0 Å². The number of ether oxygens (including phenoxy) is 3. The number of carbonyl (C=O) groups is 3. The molecule has 0 aromatic carbocycles. The first-order valence-corrected chi connectivity index (χ1v) is 7.68. The Morgan fingerprint density at radius 2 is 1.67 bits per heavy atom. The van der Waals surface area contributed by atoms with Crippen LogP contribution < -0.4 is 5.73 Å². The summed E-state index contributed by atoms with van der Waals surface area (Å²) in [5.41, 5.74) is 5.55. The molecule has 1 aliphatic rings. The standard InChI is InChI=1S/C13H25NO4.C2H2O4/c1-9(2)16-12(15)8-11-7-10(5-6-14)17-13(3,4)18-11;3-1(4)2(5)6/h9-11H,5-8,14H2,1-4H3;(H,3,4)(H,5,6)/t10-,11-;/m1./s1. The predicted octanol–water partition coefficient (Wildman–Crippen LogP) is 0.743. The predicted molar refractivity (Wildman–Crippen MR) is 83.2 cm³/mol. The Labute approximate surface area is 141 Å². The average Bonchev–Trinajstić information content (AvgIpc) is 2.36. The summed E-state index contributed by atoms with van der Waals surface area (Å²) in [7, 11) is 0. The van der Waals surface area contributed by atoms with E-state index in [2.05, 4.69) is 0 Å². The minimum absolute atomic E-state index is 0.0515. The van der Waals surface area contributed by atoms with Crippen LogP contribution in [0.1, 0.15) is 47.0 Å². The lowest BCUT2D eigenvalue weighted by molar-refractivity contribution is -0.300. The van der Waals surface area contributed by atoms with Gasteiger partial charge in [-0.25, -0.2) is 9.59 Å². The number of carbonyl (C=O) groups excluding carboxylic acids is 1. The zero-order chi connectivity index (χ0) is 18.9. The van der Waals surface area contributed by atoms with Crippen LogP contribution in [0.3, 0.4) is 0 Å². The van der Waals surface area contributed by atoms with Gasteiger partial charge in [0.15, 0.2) is 5.79 Å². The Hall–Kier alpha value is -1.71. The lowest BCUT2D eigenvalue weighted by Gasteiger charge is -2.40. The molecule has 0 spiro atoms. The van der Waals surface area contributed by atoms with Crippen molar-refractivity contribution < 1.29 is 38.8 Å². The van der Waals surface area contributed by atoms with E-state index in [1.807, 2.05) is 27.7 Å². The summed E-state index contributed by atoms with van der Waals surface area (Å²) >= 11 is 0. The van der Waals surface area contributed by atoms with Gasteiger partial charge in [-0.05, 0) is 40.7 Å². The highest BCUT2D eigenvalue weighted by Crippen LogP contribution is 2.29. The van der Waals surface area contributed by atoms with Crippen LogP contribution in [0.25, 0.3) is 0 Å². The highest BCUT2D eigenvalue weighted by atomic mass is 16.7. The summed E-state index contributed by atoms with van der Waals surface area (Å²) in [4.78, 5) is 29.8. The van der Waals surface area contributed by atoms with Gasteiger partial charge >= 0.3 is 17.9 Å². The number of carboxylic acids is 2. The van der Waals surface area contributed by atoms with Crippen molar-refractivity contribution in [2.45, 2.75) is 71.1 Å². The van der Waals surface area contributed by atoms with Crippen molar-refractivity contribution in [1.29, 1.82) is 0 Å². The minimum atomic E-state index is -1.82.